The quantitative estimate of drug-likeness (QED) is 0.765. The molecule has 1 aliphatic heterocycles. The lowest BCUT2D eigenvalue weighted by Crippen LogP contribution is -2.48. The van der Waals surface area contributed by atoms with E-state index in [4.69, 9.17) is 0 Å². The van der Waals surface area contributed by atoms with E-state index in [0.29, 0.717) is 6.42 Å². The van der Waals surface area contributed by atoms with Crippen molar-refractivity contribution < 1.29 is 4.79 Å². The third-order valence-corrected chi connectivity index (χ3v) is 3.08. The van der Waals surface area contributed by atoms with Gasteiger partial charge in [-0.05, 0) is 11.6 Å². The molecule has 0 aliphatic carbocycles. The van der Waals surface area contributed by atoms with Crippen molar-refractivity contribution in [2.24, 2.45) is 0 Å². The number of carbonyl (C=O) groups excluding carboxylic acids is 1. The molecular weight excluding hydrogens is 216 g/mol. The van der Waals surface area contributed by atoms with Crippen molar-refractivity contribution in [3.8, 4) is 0 Å². The minimum absolute atomic E-state index is 0.259. The highest BCUT2D eigenvalue weighted by Gasteiger charge is 2.19. The van der Waals surface area contributed by atoms with Gasteiger partial charge in [-0.1, -0.05) is 6.92 Å². The number of amides is 1. The van der Waals surface area contributed by atoms with Gasteiger partial charge >= 0.3 is 0 Å². The zero-order chi connectivity index (χ0) is 12.1. The van der Waals surface area contributed by atoms with Crippen LogP contribution in [0.3, 0.4) is 0 Å². The van der Waals surface area contributed by atoms with Crippen molar-refractivity contribution in [3.05, 3.63) is 24.0 Å². The van der Waals surface area contributed by atoms with Gasteiger partial charge in [0, 0.05) is 45.3 Å². The number of aromatic nitrogens is 2. The summed E-state index contributed by atoms with van der Waals surface area (Å²) in [5.41, 5.74) is 1.18. The fraction of sp³-hybridized carbons (Fsp3) is 0.583. The van der Waals surface area contributed by atoms with Crippen LogP contribution in [0.2, 0.25) is 0 Å². The number of hydrogen-bond acceptors (Lipinski definition) is 4. The summed E-state index contributed by atoms with van der Waals surface area (Å²) in [5.74, 6) is 0.259. The summed E-state index contributed by atoms with van der Waals surface area (Å²) in [5, 5.41) is 7.63. The van der Waals surface area contributed by atoms with Crippen LogP contribution in [0.25, 0.3) is 0 Å². The van der Waals surface area contributed by atoms with Gasteiger partial charge in [0.05, 0.1) is 6.20 Å². The third kappa shape index (κ3) is 3.23. The van der Waals surface area contributed by atoms with Crippen LogP contribution in [0.1, 0.15) is 18.9 Å². The minimum Gasteiger partial charge on any atom is -0.340 e. The molecule has 2 rings (SSSR count). The summed E-state index contributed by atoms with van der Waals surface area (Å²) >= 11 is 0. The predicted octanol–water partition coefficient (Wildman–Crippen LogP) is 0.531. The SMILES string of the molecule is CCC(=O)N1CCN(Cc2ccnnc2)CC1. The number of nitrogens with zero attached hydrogens (tertiary/aromatic N) is 4. The van der Waals surface area contributed by atoms with Crippen LogP contribution in [0.5, 0.6) is 0 Å². The van der Waals surface area contributed by atoms with Crippen molar-refractivity contribution >= 4 is 5.91 Å². The normalized spacial score (nSPS) is 17.1. The molecular formula is C12H18N4O. The summed E-state index contributed by atoms with van der Waals surface area (Å²) in [6, 6.07) is 1.98. The Morgan fingerprint density at radius 3 is 2.65 bits per heavy atom. The molecule has 1 aromatic rings. The molecule has 0 unspecified atom stereocenters. The number of rotatable bonds is 3. The van der Waals surface area contributed by atoms with E-state index in [2.05, 4.69) is 15.1 Å². The molecule has 1 amide bonds. The van der Waals surface area contributed by atoms with Crippen LogP contribution in [0, 0.1) is 0 Å². The number of hydrogen-bond donors (Lipinski definition) is 0. The van der Waals surface area contributed by atoms with Gasteiger partial charge in [-0.15, -0.1) is 0 Å². The molecule has 5 heteroatoms. The lowest BCUT2D eigenvalue weighted by atomic mass is 10.2. The van der Waals surface area contributed by atoms with E-state index < -0.39 is 0 Å². The fourth-order valence-corrected chi connectivity index (χ4v) is 2.05. The van der Waals surface area contributed by atoms with Crippen LogP contribution in [-0.2, 0) is 11.3 Å². The topological polar surface area (TPSA) is 49.3 Å². The Bertz CT molecular complexity index is 360. The highest BCUT2D eigenvalue weighted by Crippen LogP contribution is 2.07. The Labute approximate surface area is 101 Å². The Kier molecular flexibility index (Phi) is 4.03. The maximum absolute atomic E-state index is 11.5. The maximum atomic E-state index is 11.5. The first-order chi connectivity index (χ1) is 8.29. The molecule has 0 aromatic carbocycles. The number of carbonyl (C=O) groups is 1. The predicted molar refractivity (Wildman–Crippen MR) is 64.2 cm³/mol. The van der Waals surface area contributed by atoms with Gasteiger partial charge in [0.15, 0.2) is 0 Å². The van der Waals surface area contributed by atoms with Crippen molar-refractivity contribution in [1.82, 2.24) is 20.0 Å². The largest absolute Gasteiger partial charge is 0.340 e. The Morgan fingerprint density at radius 1 is 1.29 bits per heavy atom. The Morgan fingerprint density at radius 2 is 2.06 bits per heavy atom. The van der Waals surface area contributed by atoms with E-state index in [1.165, 1.54) is 5.56 Å². The minimum atomic E-state index is 0.259. The highest BCUT2D eigenvalue weighted by molar-refractivity contribution is 5.75. The first kappa shape index (κ1) is 12.0. The van der Waals surface area contributed by atoms with Crippen molar-refractivity contribution in [1.29, 1.82) is 0 Å². The summed E-state index contributed by atoms with van der Waals surface area (Å²) in [6.45, 7) is 6.36. The van der Waals surface area contributed by atoms with E-state index in [1.54, 1.807) is 12.4 Å². The molecule has 0 spiro atoms. The summed E-state index contributed by atoms with van der Waals surface area (Å²) < 4.78 is 0. The lowest BCUT2D eigenvalue weighted by Gasteiger charge is -2.34. The average molecular weight is 234 g/mol. The third-order valence-electron chi connectivity index (χ3n) is 3.08. The molecule has 1 saturated heterocycles. The van der Waals surface area contributed by atoms with Gasteiger partial charge in [0.1, 0.15) is 0 Å². The monoisotopic (exact) mass is 234 g/mol. The fourth-order valence-electron chi connectivity index (χ4n) is 2.05. The molecule has 5 nitrogen and oxygen atoms in total. The van der Waals surface area contributed by atoms with Gasteiger partial charge in [0.2, 0.25) is 5.91 Å². The zero-order valence-electron chi connectivity index (χ0n) is 10.2. The second-order valence-corrected chi connectivity index (χ2v) is 4.26. The standard InChI is InChI=1S/C12H18N4O/c1-2-12(17)16-7-5-15(6-8-16)10-11-3-4-13-14-9-11/h3-4,9H,2,5-8,10H2,1H3. The summed E-state index contributed by atoms with van der Waals surface area (Å²) in [4.78, 5) is 15.8. The first-order valence-electron chi connectivity index (χ1n) is 6.05. The van der Waals surface area contributed by atoms with E-state index in [1.807, 2.05) is 17.9 Å². The molecule has 0 atom stereocenters. The smallest absolute Gasteiger partial charge is 0.222 e. The molecule has 1 aliphatic rings. The van der Waals surface area contributed by atoms with E-state index in [0.717, 1.165) is 32.7 Å². The molecule has 1 fully saturated rings. The highest BCUT2D eigenvalue weighted by atomic mass is 16.2. The van der Waals surface area contributed by atoms with Crippen LogP contribution in [0.15, 0.2) is 18.5 Å². The van der Waals surface area contributed by atoms with Gasteiger partial charge in [-0.3, -0.25) is 9.69 Å². The molecule has 92 valence electrons. The van der Waals surface area contributed by atoms with E-state index >= 15 is 0 Å². The Balaban J connectivity index is 1.82. The average Bonchev–Trinajstić information content (AvgIpc) is 2.40. The van der Waals surface area contributed by atoms with E-state index in [9.17, 15) is 4.79 Å². The number of piperazine rings is 1. The molecule has 0 saturated carbocycles. The van der Waals surface area contributed by atoms with Gasteiger partial charge in [-0.2, -0.15) is 10.2 Å². The molecule has 0 bridgehead atoms. The van der Waals surface area contributed by atoms with Crippen molar-refractivity contribution in [2.75, 3.05) is 26.2 Å². The first-order valence-corrected chi connectivity index (χ1v) is 6.05. The van der Waals surface area contributed by atoms with Gasteiger partial charge in [-0.25, -0.2) is 0 Å². The van der Waals surface area contributed by atoms with Crippen LogP contribution >= 0.6 is 0 Å². The maximum Gasteiger partial charge on any atom is 0.222 e. The second-order valence-electron chi connectivity index (χ2n) is 4.26. The van der Waals surface area contributed by atoms with Crippen molar-refractivity contribution in [2.45, 2.75) is 19.9 Å². The lowest BCUT2D eigenvalue weighted by molar-refractivity contribution is -0.132. The molecule has 2 heterocycles. The Hall–Kier alpha value is -1.49. The second kappa shape index (κ2) is 5.72. The van der Waals surface area contributed by atoms with Gasteiger partial charge < -0.3 is 4.90 Å². The van der Waals surface area contributed by atoms with Gasteiger partial charge in [0.25, 0.3) is 0 Å². The molecule has 0 radical (unpaired) electrons. The van der Waals surface area contributed by atoms with Crippen LogP contribution in [0.4, 0.5) is 0 Å². The van der Waals surface area contributed by atoms with Crippen LogP contribution < -0.4 is 0 Å². The van der Waals surface area contributed by atoms with Crippen molar-refractivity contribution in [3.63, 3.8) is 0 Å². The van der Waals surface area contributed by atoms with E-state index in [-0.39, 0.29) is 5.91 Å². The molecule has 17 heavy (non-hydrogen) atoms. The van der Waals surface area contributed by atoms with Crippen LogP contribution in [-0.4, -0.2) is 52.1 Å². The zero-order valence-corrected chi connectivity index (χ0v) is 10.2. The molecule has 0 N–H and O–H groups in total. The summed E-state index contributed by atoms with van der Waals surface area (Å²) in [7, 11) is 0. The summed E-state index contributed by atoms with van der Waals surface area (Å²) in [6.07, 6.45) is 4.12. The molecule has 1 aromatic heterocycles.